The van der Waals surface area contributed by atoms with Crippen molar-refractivity contribution in [2.24, 2.45) is 0 Å². The molecule has 0 atom stereocenters. The molecule has 1 fully saturated rings. The number of ether oxygens (including phenoxy) is 1. The highest BCUT2D eigenvalue weighted by Crippen LogP contribution is 2.29. The molecule has 4 rings (SSSR count). The number of nitrogens with zero attached hydrogens (tertiary/aromatic N) is 1. The molecule has 2 aromatic carbocycles. The van der Waals surface area contributed by atoms with E-state index < -0.39 is 5.97 Å². The number of carbonyl (C=O) groups is 2. The number of amides is 1. The van der Waals surface area contributed by atoms with Gasteiger partial charge in [-0.25, -0.2) is 4.39 Å². The second-order valence-corrected chi connectivity index (χ2v) is 7.88. The Labute approximate surface area is 174 Å². The molecule has 3 aromatic rings. The van der Waals surface area contributed by atoms with Crippen molar-refractivity contribution < 1.29 is 23.1 Å². The Morgan fingerprint density at radius 1 is 1.13 bits per heavy atom. The Morgan fingerprint density at radius 2 is 1.87 bits per heavy atom. The summed E-state index contributed by atoms with van der Waals surface area (Å²) in [6.45, 7) is 3.84. The number of fused-ring (bicyclic) bond motifs is 1. The number of esters is 1. The zero-order chi connectivity index (χ0) is 21.3. The van der Waals surface area contributed by atoms with Gasteiger partial charge in [0.1, 0.15) is 11.4 Å². The van der Waals surface area contributed by atoms with Crippen LogP contribution in [0.25, 0.3) is 11.0 Å². The molecule has 0 N–H and O–H groups in total. The Bertz CT molecular complexity index is 1100. The minimum atomic E-state index is -0.495. The van der Waals surface area contributed by atoms with E-state index in [1.807, 2.05) is 26.0 Å². The van der Waals surface area contributed by atoms with E-state index in [2.05, 4.69) is 0 Å². The van der Waals surface area contributed by atoms with Crippen LogP contribution < -0.4 is 0 Å². The monoisotopic (exact) mass is 409 g/mol. The molecule has 6 heteroatoms. The van der Waals surface area contributed by atoms with E-state index in [1.54, 1.807) is 29.4 Å². The van der Waals surface area contributed by atoms with Gasteiger partial charge in [0.05, 0.1) is 12.7 Å². The van der Waals surface area contributed by atoms with Crippen LogP contribution in [-0.2, 0) is 27.3 Å². The second-order valence-electron chi connectivity index (χ2n) is 7.88. The van der Waals surface area contributed by atoms with Crippen LogP contribution in [0.1, 0.15) is 35.1 Å². The smallest absolute Gasteiger partial charge is 0.310 e. The summed E-state index contributed by atoms with van der Waals surface area (Å²) in [6.07, 6.45) is 3.35. The first kappa shape index (κ1) is 20.1. The summed E-state index contributed by atoms with van der Waals surface area (Å²) in [4.78, 5) is 26.6. The summed E-state index contributed by atoms with van der Waals surface area (Å²) >= 11 is 0. The fourth-order valence-corrected chi connectivity index (χ4v) is 3.52. The molecule has 0 radical (unpaired) electrons. The van der Waals surface area contributed by atoms with Crippen LogP contribution in [0.4, 0.5) is 4.39 Å². The molecule has 1 saturated carbocycles. The molecule has 0 aliphatic heterocycles. The van der Waals surface area contributed by atoms with E-state index in [0.717, 1.165) is 40.5 Å². The van der Waals surface area contributed by atoms with Crippen molar-refractivity contribution in [1.82, 2.24) is 4.90 Å². The van der Waals surface area contributed by atoms with Crippen LogP contribution in [0.5, 0.6) is 0 Å². The lowest BCUT2D eigenvalue weighted by Gasteiger charge is -2.22. The Hall–Kier alpha value is -3.15. The highest BCUT2D eigenvalue weighted by atomic mass is 19.1. The number of hydrogen-bond donors (Lipinski definition) is 0. The molecule has 1 amide bonds. The van der Waals surface area contributed by atoms with E-state index >= 15 is 0 Å². The largest absolute Gasteiger partial charge is 0.464 e. The Balaban J connectivity index is 1.37. The van der Waals surface area contributed by atoms with Crippen molar-refractivity contribution in [3.63, 3.8) is 0 Å². The number of benzene rings is 2. The van der Waals surface area contributed by atoms with Crippen molar-refractivity contribution in [2.45, 2.75) is 45.7 Å². The lowest BCUT2D eigenvalue weighted by atomic mass is 10.0. The highest BCUT2D eigenvalue weighted by Gasteiger charge is 2.33. The molecular weight excluding hydrogens is 385 g/mol. The van der Waals surface area contributed by atoms with Crippen molar-refractivity contribution in [3.8, 4) is 0 Å². The summed E-state index contributed by atoms with van der Waals surface area (Å²) in [5.41, 5.74) is 4.14. The standard InChI is InChI=1S/C24H24FNO4/c1-15-9-20-18(13-29-22(20)10-16(15)2)11-24(28)30-14-23(27)26(19-7-8-19)12-17-5-3-4-6-21(17)25/h3-6,9-10,13,19H,7-8,11-12,14H2,1-2H3. The van der Waals surface area contributed by atoms with Crippen LogP contribution in [0.3, 0.4) is 0 Å². The molecule has 1 aliphatic rings. The maximum atomic E-state index is 14.0. The number of halogens is 1. The summed E-state index contributed by atoms with van der Waals surface area (Å²) < 4.78 is 24.8. The van der Waals surface area contributed by atoms with Gasteiger partial charge in [0, 0.05) is 29.1 Å². The van der Waals surface area contributed by atoms with Gasteiger partial charge < -0.3 is 14.1 Å². The van der Waals surface area contributed by atoms with Crippen molar-refractivity contribution in [3.05, 3.63) is 70.7 Å². The quantitative estimate of drug-likeness (QED) is 0.541. The summed E-state index contributed by atoms with van der Waals surface area (Å²) in [7, 11) is 0. The summed E-state index contributed by atoms with van der Waals surface area (Å²) in [5.74, 6) is -1.14. The molecule has 0 spiro atoms. The van der Waals surface area contributed by atoms with Gasteiger partial charge in [-0.05, 0) is 56.0 Å². The van der Waals surface area contributed by atoms with Gasteiger partial charge in [0.15, 0.2) is 6.61 Å². The Kier molecular flexibility index (Phi) is 5.57. The van der Waals surface area contributed by atoms with Gasteiger partial charge >= 0.3 is 5.97 Å². The summed E-state index contributed by atoms with van der Waals surface area (Å²) in [6, 6.07) is 10.4. The van der Waals surface area contributed by atoms with E-state index in [9.17, 15) is 14.0 Å². The van der Waals surface area contributed by atoms with Crippen molar-refractivity contribution in [1.29, 1.82) is 0 Å². The number of rotatable bonds is 7. The number of furan rings is 1. The highest BCUT2D eigenvalue weighted by molar-refractivity contribution is 5.88. The third-order valence-electron chi connectivity index (χ3n) is 5.57. The number of carbonyl (C=O) groups excluding carboxylic acids is 2. The normalized spacial score (nSPS) is 13.4. The molecule has 1 aromatic heterocycles. The third kappa shape index (κ3) is 4.37. The predicted octanol–water partition coefficient (Wildman–Crippen LogP) is 4.47. The topological polar surface area (TPSA) is 59.8 Å². The maximum absolute atomic E-state index is 14.0. The van der Waals surface area contributed by atoms with Crippen LogP contribution in [0, 0.1) is 19.7 Å². The lowest BCUT2D eigenvalue weighted by Crippen LogP contribution is -2.36. The fourth-order valence-electron chi connectivity index (χ4n) is 3.52. The molecule has 0 saturated heterocycles. The first-order chi connectivity index (χ1) is 14.4. The van der Waals surface area contributed by atoms with E-state index in [-0.39, 0.29) is 37.3 Å². The lowest BCUT2D eigenvalue weighted by molar-refractivity contribution is -0.152. The average Bonchev–Trinajstić information content (AvgIpc) is 3.50. The van der Waals surface area contributed by atoms with Crippen LogP contribution >= 0.6 is 0 Å². The molecule has 1 aliphatic carbocycles. The van der Waals surface area contributed by atoms with Crippen molar-refractivity contribution in [2.75, 3.05) is 6.61 Å². The predicted molar refractivity (Wildman–Crippen MR) is 110 cm³/mol. The SMILES string of the molecule is Cc1cc2occ(CC(=O)OCC(=O)N(Cc3ccccc3F)C3CC3)c2cc1C. The third-order valence-corrected chi connectivity index (χ3v) is 5.57. The van der Waals surface area contributed by atoms with E-state index in [4.69, 9.17) is 9.15 Å². The molecule has 0 bridgehead atoms. The number of aryl methyl sites for hydroxylation is 2. The van der Waals surface area contributed by atoms with Gasteiger partial charge in [-0.15, -0.1) is 0 Å². The molecule has 156 valence electrons. The van der Waals surface area contributed by atoms with Crippen LogP contribution in [-0.4, -0.2) is 29.4 Å². The zero-order valence-electron chi connectivity index (χ0n) is 17.1. The van der Waals surface area contributed by atoms with Crippen molar-refractivity contribution >= 4 is 22.8 Å². The van der Waals surface area contributed by atoms with Crippen LogP contribution in [0.15, 0.2) is 47.1 Å². The van der Waals surface area contributed by atoms with Gasteiger partial charge in [-0.2, -0.15) is 0 Å². The van der Waals surface area contributed by atoms with Crippen LogP contribution in [0.2, 0.25) is 0 Å². The maximum Gasteiger partial charge on any atom is 0.310 e. The van der Waals surface area contributed by atoms with E-state index in [0.29, 0.717) is 5.56 Å². The first-order valence-electron chi connectivity index (χ1n) is 10.1. The van der Waals surface area contributed by atoms with Gasteiger partial charge in [-0.1, -0.05) is 18.2 Å². The molecule has 5 nitrogen and oxygen atoms in total. The van der Waals surface area contributed by atoms with Gasteiger partial charge in [0.2, 0.25) is 0 Å². The zero-order valence-corrected chi connectivity index (χ0v) is 17.1. The molecular formula is C24H24FNO4. The summed E-state index contributed by atoms with van der Waals surface area (Å²) in [5, 5.41) is 0.875. The molecule has 1 heterocycles. The Morgan fingerprint density at radius 3 is 2.60 bits per heavy atom. The second kappa shape index (κ2) is 8.30. The van der Waals surface area contributed by atoms with Gasteiger partial charge in [-0.3, -0.25) is 9.59 Å². The van der Waals surface area contributed by atoms with E-state index in [1.165, 1.54) is 6.07 Å². The molecule has 30 heavy (non-hydrogen) atoms. The van der Waals surface area contributed by atoms with Gasteiger partial charge in [0.25, 0.3) is 5.91 Å². The fraction of sp³-hybridized carbons (Fsp3) is 0.333. The average molecular weight is 409 g/mol. The first-order valence-corrected chi connectivity index (χ1v) is 10.1. The number of hydrogen-bond acceptors (Lipinski definition) is 4. The minimum Gasteiger partial charge on any atom is -0.464 e. The molecule has 0 unspecified atom stereocenters. The minimum absolute atomic E-state index is 0.0273.